The second-order valence-corrected chi connectivity index (χ2v) is 12.8. The molecule has 214 valence electrons. The normalized spacial score (nSPS) is 33.2. The highest BCUT2D eigenvalue weighted by Crippen LogP contribution is 2.67. The fourth-order valence-electron chi connectivity index (χ4n) is 8.44. The zero-order chi connectivity index (χ0) is 28.5. The summed E-state index contributed by atoms with van der Waals surface area (Å²) in [7, 11) is 2.53. The fraction of sp³-hybridized carbons (Fsp3) is 0.700. The number of amides is 1. The van der Waals surface area contributed by atoms with Gasteiger partial charge in [-0.15, -0.1) is 0 Å². The maximum Gasteiger partial charge on any atom is 0.328 e. The van der Waals surface area contributed by atoms with Crippen LogP contribution < -0.4 is 4.74 Å². The van der Waals surface area contributed by atoms with Crippen molar-refractivity contribution in [3.05, 3.63) is 22.8 Å². The Balaban J connectivity index is 1.53. The van der Waals surface area contributed by atoms with Gasteiger partial charge in [0.25, 0.3) is 5.91 Å². The third kappa shape index (κ3) is 3.86. The van der Waals surface area contributed by atoms with Crippen molar-refractivity contribution in [3.8, 4) is 11.5 Å². The monoisotopic (exact) mass is 543 g/mol. The summed E-state index contributed by atoms with van der Waals surface area (Å²) in [6, 6.07) is 0.522. The molecule has 6 atom stereocenters. The van der Waals surface area contributed by atoms with Gasteiger partial charge in [0.1, 0.15) is 23.1 Å². The number of rotatable bonds is 5. The van der Waals surface area contributed by atoms with Gasteiger partial charge in [0.2, 0.25) is 0 Å². The van der Waals surface area contributed by atoms with E-state index in [2.05, 4.69) is 27.7 Å². The Morgan fingerprint density at radius 1 is 1.15 bits per heavy atom. The lowest BCUT2D eigenvalue weighted by Crippen LogP contribution is -2.66. The predicted molar refractivity (Wildman–Crippen MR) is 141 cm³/mol. The molecule has 1 spiro atoms. The van der Waals surface area contributed by atoms with Gasteiger partial charge in [-0.2, -0.15) is 0 Å². The quantitative estimate of drug-likeness (QED) is 0.539. The Morgan fingerprint density at radius 3 is 2.54 bits per heavy atom. The largest absolute Gasteiger partial charge is 0.508 e. The van der Waals surface area contributed by atoms with Crippen LogP contribution in [0.25, 0.3) is 0 Å². The summed E-state index contributed by atoms with van der Waals surface area (Å²) < 4.78 is 16.7. The minimum absolute atomic E-state index is 0.0213. The highest BCUT2D eigenvalue weighted by molar-refractivity contribution is 6.02. The van der Waals surface area contributed by atoms with E-state index in [4.69, 9.17) is 14.2 Å². The molecule has 0 radical (unpaired) electrons. The number of carbonyl (C=O) groups excluding carboxylic acids is 3. The molecule has 5 rings (SSSR count). The minimum atomic E-state index is -0.974. The van der Waals surface area contributed by atoms with Crippen LogP contribution in [0.2, 0.25) is 0 Å². The molecule has 0 bridgehead atoms. The van der Waals surface area contributed by atoms with Gasteiger partial charge in [-0.25, -0.2) is 4.79 Å². The summed E-state index contributed by atoms with van der Waals surface area (Å²) in [5.41, 5.74) is 0.548. The number of nitrogens with zero attached hydrogens (tertiary/aromatic N) is 1. The number of aliphatic hydroxyl groups is 1. The SMILES string of the molecule is COC(=O)CC[C@@H](C(=O)OC)N1Cc2c(cc(O)c3c2O[C@]2(C3)[C@H](C)CCC3C(C)(C)[C@H](O)CC[C@@]32C)C1=O. The zero-order valence-corrected chi connectivity index (χ0v) is 23.8. The Labute approximate surface area is 229 Å². The summed E-state index contributed by atoms with van der Waals surface area (Å²) in [6.45, 7) is 8.91. The number of aliphatic hydroxyl groups excluding tert-OH is 1. The van der Waals surface area contributed by atoms with Crippen molar-refractivity contribution < 1.29 is 38.8 Å². The van der Waals surface area contributed by atoms with Crippen LogP contribution >= 0.6 is 0 Å². The van der Waals surface area contributed by atoms with E-state index >= 15 is 0 Å². The van der Waals surface area contributed by atoms with Crippen LogP contribution in [0.4, 0.5) is 0 Å². The summed E-state index contributed by atoms with van der Waals surface area (Å²) >= 11 is 0. The molecule has 1 unspecified atom stereocenters. The van der Waals surface area contributed by atoms with Crippen molar-refractivity contribution in [1.29, 1.82) is 0 Å². The molecular weight excluding hydrogens is 502 g/mol. The molecule has 4 aliphatic rings. The highest BCUT2D eigenvalue weighted by atomic mass is 16.5. The molecule has 2 aliphatic heterocycles. The van der Waals surface area contributed by atoms with Crippen molar-refractivity contribution in [1.82, 2.24) is 4.90 Å². The van der Waals surface area contributed by atoms with Crippen LogP contribution in [0.3, 0.4) is 0 Å². The van der Waals surface area contributed by atoms with Crippen molar-refractivity contribution in [2.45, 2.75) is 96.9 Å². The lowest BCUT2D eigenvalue weighted by Gasteiger charge is -2.64. The second kappa shape index (κ2) is 9.39. The van der Waals surface area contributed by atoms with Gasteiger partial charge in [-0.1, -0.05) is 27.7 Å². The van der Waals surface area contributed by atoms with Crippen LogP contribution in [-0.4, -0.2) is 64.9 Å². The first-order chi connectivity index (χ1) is 18.3. The average molecular weight is 544 g/mol. The van der Waals surface area contributed by atoms with E-state index in [0.717, 1.165) is 19.3 Å². The first-order valence-corrected chi connectivity index (χ1v) is 14.0. The number of methoxy groups -OCH3 is 2. The molecule has 1 aromatic rings. The molecule has 0 aromatic heterocycles. The van der Waals surface area contributed by atoms with Gasteiger partial charge < -0.3 is 29.3 Å². The fourth-order valence-corrected chi connectivity index (χ4v) is 8.44. The Morgan fingerprint density at radius 2 is 1.87 bits per heavy atom. The van der Waals surface area contributed by atoms with Crippen molar-refractivity contribution in [2.75, 3.05) is 14.2 Å². The first-order valence-electron chi connectivity index (χ1n) is 14.0. The molecule has 2 saturated carbocycles. The third-order valence-electron chi connectivity index (χ3n) is 10.8. The summed E-state index contributed by atoms with van der Waals surface area (Å²) in [4.78, 5) is 39.5. The highest BCUT2D eigenvalue weighted by Gasteiger charge is 2.67. The van der Waals surface area contributed by atoms with Gasteiger partial charge in [0.15, 0.2) is 0 Å². The molecular formula is C30H41NO8. The maximum absolute atomic E-state index is 13.6. The number of carbonyl (C=O) groups is 3. The van der Waals surface area contributed by atoms with Crippen LogP contribution in [0, 0.1) is 22.7 Å². The van der Waals surface area contributed by atoms with E-state index < -0.39 is 29.5 Å². The number of hydrogen-bond donors (Lipinski definition) is 2. The predicted octanol–water partition coefficient (Wildman–Crippen LogP) is 3.75. The maximum atomic E-state index is 13.6. The summed E-state index contributed by atoms with van der Waals surface area (Å²) in [5.74, 6) is -0.513. The van der Waals surface area contributed by atoms with E-state index in [0.29, 0.717) is 35.3 Å². The molecule has 2 heterocycles. The molecule has 39 heavy (non-hydrogen) atoms. The van der Waals surface area contributed by atoms with Crippen LogP contribution in [0.5, 0.6) is 11.5 Å². The number of hydrogen-bond acceptors (Lipinski definition) is 8. The van der Waals surface area contributed by atoms with Crippen molar-refractivity contribution in [2.24, 2.45) is 22.7 Å². The molecule has 2 N–H and O–H groups in total. The van der Waals surface area contributed by atoms with E-state index in [1.54, 1.807) is 0 Å². The van der Waals surface area contributed by atoms with Gasteiger partial charge in [0, 0.05) is 29.4 Å². The lowest BCUT2D eigenvalue weighted by atomic mass is 9.43. The number of esters is 2. The number of aromatic hydroxyl groups is 1. The minimum Gasteiger partial charge on any atom is -0.508 e. The van der Waals surface area contributed by atoms with E-state index in [-0.39, 0.29) is 53.9 Å². The van der Waals surface area contributed by atoms with Gasteiger partial charge in [-0.05, 0) is 55.4 Å². The average Bonchev–Trinajstić information content (AvgIpc) is 3.46. The zero-order valence-electron chi connectivity index (χ0n) is 23.8. The summed E-state index contributed by atoms with van der Waals surface area (Å²) in [5, 5.41) is 22.1. The third-order valence-corrected chi connectivity index (χ3v) is 10.8. The smallest absolute Gasteiger partial charge is 0.328 e. The van der Waals surface area contributed by atoms with Crippen LogP contribution in [0.1, 0.15) is 87.7 Å². The van der Waals surface area contributed by atoms with Crippen molar-refractivity contribution >= 4 is 17.8 Å². The Kier molecular flexibility index (Phi) is 6.68. The van der Waals surface area contributed by atoms with Crippen LogP contribution in [-0.2, 0) is 32.0 Å². The molecule has 9 nitrogen and oxygen atoms in total. The van der Waals surface area contributed by atoms with Crippen molar-refractivity contribution in [3.63, 3.8) is 0 Å². The second-order valence-electron chi connectivity index (χ2n) is 12.8. The summed E-state index contributed by atoms with van der Waals surface area (Å²) in [6.07, 6.45) is 3.60. The standard InChI is InChI=1S/C30H41NO8/c1-16-7-9-22-28(2,3)23(33)11-12-29(22,4)30(16)14-18-21(32)13-17-19(25(18)39-30)15-31(26(17)35)20(27(36)38-6)8-10-24(34)37-5/h13,16,20,22-23,32-33H,7-12,14-15H2,1-6H3/t16-,20+,22?,23-,29+,30-/m1/s1. The Hall–Kier alpha value is -2.81. The van der Waals surface area contributed by atoms with E-state index in [1.807, 2.05) is 0 Å². The molecule has 0 saturated heterocycles. The molecule has 2 fully saturated rings. The number of phenolic OH excluding ortho intramolecular Hbond substituents is 1. The van der Waals surface area contributed by atoms with Gasteiger partial charge >= 0.3 is 11.9 Å². The Bertz CT molecular complexity index is 1210. The lowest BCUT2D eigenvalue weighted by molar-refractivity contribution is -0.210. The number of phenols is 1. The number of fused-ring (bicyclic) bond motifs is 5. The molecule has 1 aromatic carbocycles. The molecule has 9 heteroatoms. The topological polar surface area (TPSA) is 123 Å². The first kappa shape index (κ1) is 27.7. The van der Waals surface area contributed by atoms with Gasteiger partial charge in [-0.3, -0.25) is 9.59 Å². The number of benzene rings is 1. The number of ether oxygens (including phenoxy) is 3. The van der Waals surface area contributed by atoms with Crippen LogP contribution in [0.15, 0.2) is 6.07 Å². The van der Waals surface area contributed by atoms with Gasteiger partial charge in [0.05, 0.1) is 32.4 Å². The molecule has 1 amide bonds. The molecule has 2 aliphatic carbocycles. The van der Waals surface area contributed by atoms with E-state index in [9.17, 15) is 24.6 Å². The van der Waals surface area contributed by atoms with E-state index in [1.165, 1.54) is 25.2 Å².